The lowest BCUT2D eigenvalue weighted by Crippen LogP contribution is -2.26. The Morgan fingerprint density at radius 3 is 2.43 bits per heavy atom. The van der Waals surface area contributed by atoms with Gasteiger partial charge in [0.25, 0.3) is 5.91 Å². The van der Waals surface area contributed by atoms with Crippen LogP contribution >= 0.6 is 0 Å². The molecule has 0 bridgehead atoms. The summed E-state index contributed by atoms with van der Waals surface area (Å²) in [4.78, 5) is 16.6. The molecule has 6 heteroatoms. The molecule has 0 saturated carbocycles. The molecule has 23 heavy (non-hydrogen) atoms. The lowest BCUT2D eigenvalue weighted by Gasteiger charge is -2.09. The normalized spacial score (nSPS) is 11.2. The third-order valence-corrected chi connectivity index (χ3v) is 4.41. The summed E-state index contributed by atoms with van der Waals surface area (Å²) in [6, 6.07) is 13.3. The van der Waals surface area contributed by atoms with Crippen molar-refractivity contribution in [2.45, 2.75) is 13.3 Å². The average molecular weight is 332 g/mol. The van der Waals surface area contributed by atoms with Crippen molar-refractivity contribution in [2.75, 3.05) is 18.6 Å². The molecule has 0 fully saturated rings. The predicted molar refractivity (Wildman–Crippen MR) is 91.1 cm³/mol. The van der Waals surface area contributed by atoms with Gasteiger partial charge in [0.1, 0.15) is 9.84 Å². The SMILES string of the molecule is Cc1nc(-c2ccccc2)ccc1C(=O)NCCCS(C)(=O)=O. The van der Waals surface area contributed by atoms with Crippen LogP contribution in [0, 0.1) is 6.92 Å². The molecule has 1 amide bonds. The summed E-state index contributed by atoms with van der Waals surface area (Å²) in [5, 5.41) is 2.73. The van der Waals surface area contributed by atoms with Gasteiger partial charge in [-0.25, -0.2) is 8.42 Å². The smallest absolute Gasteiger partial charge is 0.253 e. The van der Waals surface area contributed by atoms with Crippen LogP contribution < -0.4 is 5.32 Å². The molecule has 0 unspecified atom stereocenters. The highest BCUT2D eigenvalue weighted by molar-refractivity contribution is 7.90. The maximum atomic E-state index is 12.1. The number of benzene rings is 1. The van der Waals surface area contributed by atoms with Crippen molar-refractivity contribution >= 4 is 15.7 Å². The Bertz CT molecular complexity index is 787. The van der Waals surface area contributed by atoms with Gasteiger partial charge in [-0.15, -0.1) is 0 Å². The summed E-state index contributed by atoms with van der Waals surface area (Å²) in [7, 11) is -2.99. The molecule has 2 rings (SSSR count). The number of hydrogen-bond donors (Lipinski definition) is 1. The summed E-state index contributed by atoms with van der Waals surface area (Å²) in [6.07, 6.45) is 1.59. The molecule has 1 N–H and O–H groups in total. The highest BCUT2D eigenvalue weighted by Crippen LogP contribution is 2.18. The minimum absolute atomic E-state index is 0.0669. The molecule has 0 atom stereocenters. The highest BCUT2D eigenvalue weighted by Gasteiger charge is 2.11. The van der Waals surface area contributed by atoms with Crippen LogP contribution in [0.2, 0.25) is 0 Å². The Labute approximate surface area is 136 Å². The van der Waals surface area contributed by atoms with Crippen LogP contribution in [0.1, 0.15) is 22.5 Å². The fourth-order valence-electron chi connectivity index (χ4n) is 2.20. The molecule has 0 aliphatic carbocycles. The molecule has 0 aliphatic heterocycles. The number of amides is 1. The lowest BCUT2D eigenvalue weighted by atomic mass is 10.1. The number of pyridine rings is 1. The van der Waals surface area contributed by atoms with Gasteiger partial charge < -0.3 is 5.32 Å². The van der Waals surface area contributed by atoms with Crippen molar-refractivity contribution in [2.24, 2.45) is 0 Å². The lowest BCUT2D eigenvalue weighted by molar-refractivity contribution is 0.0952. The van der Waals surface area contributed by atoms with Gasteiger partial charge in [-0.05, 0) is 25.5 Å². The van der Waals surface area contributed by atoms with Crippen molar-refractivity contribution in [3.63, 3.8) is 0 Å². The van der Waals surface area contributed by atoms with Crippen LogP contribution in [-0.2, 0) is 9.84 Å². The van der Waals surface area contributed by atoms with E-state index in [2.05, 4.69) is 10.3 Å². The molecule has 1 aromatic carbocycles. The van der Waals surface area contributed by atoms with Gasteiger partial charge in [-0.1, -0.05) is 30.3 Å². The fourth-order valence-corrected chi connectivity index (χ4v) is 2.87. The number of aryl methyl sites for hydroxylation is 1. The Hall–Kier alpha value is -2.21. The zero-order valence-corrected chi connectivity index (χ0v) is 14.1. The number of nitrogens with zero attached hydrogens (tertiary/aromatic N) is 1. The third kappa shape index (κ3) is 5.17. The van der Waals surface area contributed by atoms with Crippen LogP contribution in [0.4, 0.5) is 0 Å². The van der Waals surface area contributed by atoms with E-state index in [1.54, 1.807) is 13.0 Å². The molecular formula is C17H20N2O3S. The Balaban J connectivity index is 2.02. The topological polar surface area (TPSA) is 76.1 Å². The van der Waals surface area contributed by atoms with E-state index in [-0.39, 0.29) is 11.7 Å². The zero-order chi connectivity index (χ0) is 16.9. The van der Waals surface area contributed by atoms with E-state index in [9.17, 15) is 13.2 Å². The van der Waals surface area contributed by atoms with E-state index < -0.39 is 9.84 Å². The minimum atomic E-state index is -2.99. The fraction of sp³-hybridized carbons (Fsp3) is 0.294. The molecule has 2 aromatic rings. The maximum Gasteiger partial charge on any atom is 0.253 e. The van der Waals surface area contributed by atoms with Crippen molar-refractivity contribution in [3.05, 3.63) is 53.7 Å². The first-order valence-electron chi connectivity index (χ1n) is 7.36. The van der Waals surface area contributed by atoms with Crippen molar-refractivity contribution in [1.29, 1.82) is 0 Å². The van der Waals surface area contributed by atoms with Crippen LogP contribution in [0.15, 0.2) is 42.5 Å². The van der Waals surface area contributed by atoms with Crippen LogP contribution in [0.25, 0.3) is 11.3 Å². The summed E-state index contributed by atoms with van der Waals surface area (Å²) >= 11 is 0. The van der Waals surface area contributed by atoms with Gasteiger partial charge in [-0.3, -0.25) is 9.78 Å². The molecule has 0 saturated heterocycles. The first kappa shape index (κ1) is 17.1. The van der Waals surface area contributed by atoms with E-state index >= 15 is 0 Å². The molecule has 0 spiro atoms. The van der Waals surface area contributed by atoms with E-state index in [0.717, 1.165) is 11.3 Å². The monoisotopic (exact) mass is 332 g/mol. The number of nitrogens with one attached hydrogen (secondary N) is 1. The average Bonchev–Trinajstić information content (AvgIpc) is 2.51. The maximum absolute atomic E-state index is 12.1. The second kappa shape index (κ2) is 7.37. The summed E-state index contributed by atoms with van der Waals surface area (Å²) in [6.45, 7) is 2.11. The molecule has 5 nitrogen and oxygen atoms in total. The third-order valence-electron chi connectivity index (χ3n) is 3.38. The number of rotatable bonds is 6. The van der Waals surface area contributed by atoms with Crippen molar-refractivity contribution in [1.82, 2.24) is 10.3 Å². The first-order valence-corrected chi connectivity index (χ1v) is 9.42. The number of carbonyl (C=O) groups excluding carboxylic acids is 1. The molecule has 122 valence electrons. The van der Waals surface area contributed by atoms with Crippen molar-refractivity contribution < 1.29 is 13.2 Å². The van der Waals surface area contributed by atoms with E-state index in [0.29, 0.717) is 24.2 Å². The van der Waals surface area contributed by atoms with Gasteiger partial charge in [0.2, 0.25) is 0 Å². The molecule has 1 aromatic heterocycles. The zero-order valence-electron chi connectivity index (χ0n) is 13.2. The molecule has 1 heterocycles. The summed E-state index contributed by atoms with van der Waals surface area (Å²) in [5.74, 6) is -0.166. The van der Waals surface area contributed by atoms with Gasteiger partial charge in [0.05, 0.1) is 22.7 Å². The predicted octanol–water partition coefficient (Wildman–Crippen LogP) is 2.22. The van der Waals surface area contributed by atoms with Gasteiger partial charge in [-0.2, -0.15) is 0 Å². The van der Waals surface area contributed by atoms with Crippen LogP contribution in [-0.4, -0.2) is 37.9 Å². The van der Waals surface area contributed by atoms with Crippen molar-refractivity contribution in [3.8, 4) is 11.3 Å². The Morgan fingerprint density at radius 1 is 1.13 bits per heavy atom. The minimum Gasteiger partial charge on any atom is -0.352 e. The van der Waals surface area contributed by atoms with E-state index in [1.165, 1.54) is 6.26 Å². The van der Waals surface area contributed by atoms with E-state index in [1.807, 2.05) is 36.4 Å². The summed E-state index contributed by atoms with van der Waals surface area (Å²) in [5.41, 5.74) is 2.96. The summed E-state index contributed by atoms with van der Waals surface area (Å²) < 4.78 is 22.1. The van der Waals surface area contributed by atoms with Crippen LogP contribution in [0.5, 0.6) is 0 Å². The molecular weight excluding hydrogens is 312 g/mol. The standard InChI is InChI=1S/C17H20N2O3S/c1-13-15(17(20)18-11-6-12-23(2,21)22)9-10-16(19-13)14-7-4-3-5-8-14/h3-5,7-10H,6,11-12H2,1-2H3,(H,18,20). The molecule has 0 radical (unpaired) electrons. The number of aromatic nitrogens is 1. The second-order valence-corrected chi connectivity index (χ2v) is 7.69. The first-order chi connectivity index (χ1) is 10.9. The highest BCUT2D eigenvalue weighted by atomic mass is 32.2. The number of carbonyl (C=O) groups is 1. The molecule has 0 aliphatic rings. The van der Waals surface area contributed by atoms with Crippen LogP contribution in [0.3, 0.4) is 0 Å². The van der Waals surface area contributed by atoms with Gasteiger partial charge >= 0.3 is 0 Å². The Kier molecular flexibility index (Phi) is 5.50. The van der Waals surface area contributed by atoms with E-state index in [4.69, 9.17) is 0 Å². The number of sulfone groups is 1. The van der Waals surface area contributed by atoms with Gasteiger partial charge in [0.15, 0.2) is 0 Å². The largest absolute Gasteiger partial charge is 0.352 e. The quantitative estimate of drug-likeness (QED) is 0.823. The Morgan fingerprint density at radius 2 is 1.83 bits per heavy atom. The number of hydrogen-bond acceptors (Lipinski definition) is 4. The van der Waals surface area contributed by atoms with Gasteiger partial charge in [0, 0.05) is 18.4 Å². The second-order valence-electron chi connectivity index (χ2n) is 5.43.